The van der Waals surface area contributed by atoms with Gasteiger partial charge < -0.3 is 9.79 Å². The van der Waals surface area contributed by atoms with Crippen LogP contribution in [0.1, 0.15) is 33.1 Å². The lowest BCUT2D eigenvalue weighted by molar-refractivity contribution is -0.174. The highest BCUT2D eigenvalue weighted by atomic mass is 31.2. The summed E-state index contributed by atoms with van der Waals surface area (Å²) in [6.07, 6.45) is -13.0. The second-order valence-electron chi connectivity index (χ2n) is 4.90. The summed E-state index contributed by atoms with van der Waals surface area (Å²) in [5.41, 5.74) is 0. The summed E-state index contributed by atoms with van der Waals surface area (Å²) in [7, 11) is -4.93. The van der Waals surface area contributed by atoms with Crippen molar-refractivity contribution in [3.05, 3.63) is 0 Å². The molecule has 1 unspecified atom stereocenters. The summed E-state index contributed by atoms with van der Waals surface area (Å²) in [6, 6.07) is -0.838. The van der Waals surface area contributed by atoms with Crippen LogP contribution in [0.2, 0.25) is 0 Å². The van der Waals surface area contributed by atoms with Gasteiger partial charge in [0.25, 0.3) is 0 Å². The topological polar surface area (TPSA) is 60.8 Å². The molecule has 0 saturated carbocycles. The predicted octanol–water partition coefficient (Wildman–Crippen LogP) is 3.70. The summed E-state index contributed by atoms with van der Waals surface area (Å²) < 4.78 is 85.6. The molecule has 1 atom stereocenters. The minimum Gasteiger partial charge on any atom is -0.312 e. The van der Waals surface area contributed by atoms with E-state index in [0.717, 1.165) is 0 Å². The summed E-state index contributed by atoms with van der Waals surface area (Å²) in [6.45, 7) is 1.88. The maximum Gasteiger partial charge on any atom is 0.403 e. The highest BCUT2D eigenvalue weighted by Crippen LogP contribution is 2.45. The van der Waals surface area contributed by atoms with Gasteiger partial charge in [-0.1, -0.05) is 6.92 Å². The first-order valence-corrected chi connectivity index (χ1v) is 7.68. The van der Waals surface area contributed by atoms with Crippen molar-refractivity contribution < 1.29 is 40.7 Å². The molecule has 21 heavy (non-hydrogen) atoms. The van der Waals surface area contributed by atoms with Crippen LogP contribution in [0.4, 0.5) is 26.3 Å². The maximum absolute atomic E-state index is 12.3. The normalized spacial score (nSPS) is 15.8. The predicted molar refractivity (Wildman–Crippen MR) is 63.3 cm³/mol. The highest BCUT2D eigenvalue weighted by molar-refractivity contribution is 7.49. The molecule has 0 saturated heterocycles. The molecular formula is C10H18F6NO3P. The van der Waals surface area contributed by atoms with Crippen LogP contribution >= 0.6 is 7.75 Å². The van der Waals surface area contributed by atoms with E-state index in [-0.39, 0.29) is 6.42 Å². The van der Waals surface area contributed by atoms with Crippen molar-refractivity contribution in [2.75, 3.05) is 6.54 Å². The number of halogens is 6. The number of hydrogen-bond acceptors (Lipinski definition) is 1. The van der Waals surface area contributed by atoms with E-state index in [0.29, 0.717) is 4.67 Å². The van der Waals surface area contributed by atoms with Gasteiger partial charge in [-0.05, 0) is 19.3 Å². The molecule has 0 bridgehead atoms. The largest absolute Gasteiger partial charge is 0.403 e. The van der Waals surface area contributed by atoms with Crippen LogP contribution in [0.3, 0.4) is 0 Å². The van der Waals surface area contributed by atoms with Crippen LogP contribution in [0.15, 0.2) is 0 Å². The van der Waals surface area contributed by atoms with E-state index in [1.165, 1.54) is 13.8 Å². The Balaban J connectivity index is 5.18. The summed E-state index contributed by atoms with van der Waals surface area (Å²) in [5.74, 6) is -1.97. The lowest BCUT2D eigenvalue weighted by atomic mass is 10.00. The summed E-state index contributed by atoms with van der Waals surface area (Å²) in [4.78, 5) is 18.2. The molecule has 0 amide bonds. The van der Waals surface area contributed by atoms with Gasteiger partial charge in [-0.3, -0.25) is 0 Å². The molecule has 0 aliphatic carbocycles. The average Bonchev–Trinajstić information content (AvgIpc) is 2.18. The van der Waals surface area contributed by atoms with E-state index < -0.39 is 51.4 Å². The second-order valence-corrected chi connectivity index (χ2v) is 6.44. The van der Waals surface area contributed by atoms with Crippen LogP contribution in [-0.2, 0) is 4.57 Å². The Bertz CT molecular complexity index is 351. The number of alkyl halides is 6. The van der Waals surface area contributed by atoms with Crippen molar-refractivity contribution in [1.82, 2.24) is 4.67 Å². The molecule has 0 fully saturated rings. The average molecular weight is 345 g/mol. The van der Waals surface area contributed by atoms with E-state index in [1.807, 2.05) is 0 Å². The first-order valence-electron chi connectivity index (χ1n) is 6.12. The van der Waals surface area contributed by atoms with Crippen LogP contribution < -0.4 is 0 Å². The molecule has 0 rings (SSSR count). The number of nitrogens with zero attached hydrogens (tertiary/aromatic N) is 1. The third-order valence-corrected chi connectivity index (χ3v) is 4.15. The molecule has 0 aromatic carbocycles. The fraction of sp³-hybridized carbons (Fsp3) is 1.00. The van der Waals surface area contributed by atoms with E-state index in [1.54, 1.807) is 0 Å². The lowest BCUT2D eigenvalue weighted by Gasteiger charge is -2.32. The first-order chi connectivity index (χ1) is 9.15. The Labute approximate surface area is 118 Å². The van der Waals surface area contributed by atoms with Gasteiger partial charge in [0.05, 0.1) is 0 Å². The van der Waals surface area contributed by atoms with Crippen molar-refractivity contribution in [2.24, 2.45) is 5.92 Å². The van der Waals surface area contributed by atoms with Crippen molar-refractivity contribution >= 4 is 7.75 Å². The van der Waals surface area contributed by atoms with E-state index >= 15 is 0 Å². The minimum absolute atomic E-state index is 0.176. The zero-order valence-corrected chi connectivity index (χ0v) is 12.3. The van der Waals surface area contributed by atoms with Crippen LogP contribution in [0, 0.1) is 5.92 Å². The molecule has 0 heterocycles. The van der Waals surface area contributed by atoms with Crippen molar-refractivity contribution in [3.63, 3.8) is 0 Å². The molecule has 0 radical (unpaired) electrons. The Morgan fingerprint density at radius 2 is 1.43 bits per heavy atom. The molecule has 4 nitrogen and oxygen atoms in total. The van der Waals surface area contributed by atoms with Gasteiger partial charge in [0.15, 0.2) is 0 Å². The van der Waals surface area contributed by atoms with E-state index in [4.69, 9.17) is 9.79 Å². The molecular weight excluding hydrogens is 327 g/mol. The van der Waals surface area contributed by atoms with E-state index in [2.05, 4.69) is 0 Å². The lowest BCUT2D eigenvalue weighted by Crippen LogP contribution is -2.37. The molecule has 0 aliphatic heterocycles. The number of rotatable bonds is 7. The van der Waals surface area contributed by atoms with Gasteiger partial charge in [0.1, 0.15) is 0 Å². The van der Waals surface area contributed by atoms with Crippen LogP contribution in [0.5, 0.6) is 0 Å². The molecule has 128 valence electrons. The molecule has 0 aliphatic rings. The van der Waals surface area contributed by atoms with Crippen molar-refractivity contribution in [1.29, 1.82) is 0 Å². The Kier molecular flexibility index (Phi) is 7.19. The molecule has 11 heteroatoms. The Hall–Kier alpha value is -0.310. The molecule has 0 aromatic rings. The van der Waals surface area contributed by atoms with Gasteiger partial charge in [-0.15, -0.1) is 0 Å². The molecule has 0 spiro atoms. The smallest absolute Gasteiger partial charge is 0.312 e. The number of hydrogen-bond donors (Lipinski definition) is 2. The van der Waals surface area contributed by atoms with Crippen molar-refractivity contribution in [2.45, 2.75) is 51.5 Å². The van der Waals surface area contributed by atoms with Crippen molar-refractivity contribution in [3.8, 4) is 0 Å². The van der Waals surface area contributed by atoms with Gasteiger partial charge in [0.2, 0.25) is 0 Å². The third-order valence-electron chi connectivity index (χ3n) is 2.92. The van der Waals surface area contributed by atoms with Crippen LogP contribution in [-0.4, -0.2) is 39.4 Å². The summed E-state index contributed by atoms with van der Waals surface area (Å²) >= 11 is 0. The van der Waals surface area contributed by atoms with Gasteiger partial charge in [-0.2, -0.15) is 26.3 Å². The Morgan fingerprint density at radius 3 is 1.67 bits per heavy atom. The zero-order chi connectivity index (χ0) is 17.1. The fourth-order valence-corrected chi connectivity index (χ4v) is 2.99. The van der Waals surface area contributed by atoms with Gasteiger partial charge >= 0.3 is 20.1 Å². The minimum atomic E-state index is -4.93. The SMILES string of the molecule is CCC(C)N(CC(CC(F)(F)F)CC(F)(F)F)P(=O)(O)O. The first kappa shape index (κ1) is 20.7. The maximum atomic E-state index is 12.3. The zero-order valence-electron chi connectivity index (χ0n) is 11.4. The third kappa shape index (κ3) is 9.34. The van der Waals surface area contributed by atoms with Gasteiger partial charge in [-0.25, -0.2) is 9.24 Å². The molecule has 2 N–H and O–H groups in total. The summed E-state index contributed by atoms with van der Waals surface area (Å²) in [5, 5.41) is 0. The van der Waals surface area contributed by atoms with Crippen LogP contribution in [0.25, 0.3) is 0 Å². The standard InChI is InChI=1S/C10H18F6NO3P/c1-3-7(2)17(21(18,19)20)6-8(4-9(11,12)13)5-10(14,15)16/h7-8H,3-6H2,1-2H3,(H2,18,19,20). The van der Waals surface area contributed by atoms with E-state index in [9.17, 15) is 30.9 Å². The van der Waals surface area contributed by atoms with Gasteiger partial charge in [0, 0.05) is 25.4 Å². The molecule has 0 aromatic heterocycles. The highest BCUT2D eigenvalue weighted by Gasteiger charge is 2.42. The second kappa shape index (κ2) is 7.30. The quantitative estimate of drug-likeness (QED) is 0.546. The Morgan fingerprint density at radius 1 is 1.05 bits per heavy atom. The monoisotopic (exact) mass is 345 g/mol. The fourth-order valence-electron chi connectivity index (χ4n) is 1.87.